The van der Waals surface area contributed by atoms with Crippen LogP contribution in [0, 0.1) is 0 Å². The lowest BCUT2D eigenvalue weighted by Crippen LogP contribution is -2.49. The van der Waals surface area contributed by atoms with Crippen molar-refractivity contribution in [2.45, 2.75) is 340 Å². The van der Waals surface area contributed by atoms with Gasteiger partial charge in [0.15, 0.2) is 0 Å². The molecule has 60 heavy (non-hydrogen) atoms. The van der Waals surface area contributed by atoms with E-state index in [1.807, 2.05) is 0 Å². The van der Waals surface area contributed by atoms with Crippen LogP contribution in [0.4, 0.5) is 0 Å². The first kappa shape index (κ1) is 59.4. The van der Waals surface area contributed by atoms with Crippen LogP contribution in [0.25, 0.3) is 0 Å². The van der Waals surface area contributed by atoms with Crippen LogP contribution in [0.15, 0.2) is 0 Å². The SMILES string of the molecule is CCCCCCCCCCCCCCCCCCCCCCCCCCCCCCCCC(O)C(=O)NC(CO)C(O)CCCCCCCCCCCCCCCCCC. The number of amides is 1. The molecule has 3 unspecified atom stereocenters. The number of carbonyl (C=O) groups is 1. The van der Waals surface area contributed by atoms with Crippen LogP contribution < -0.4 is 5.32 Å². The zero-order valence-electron chi connectivity index (χ0n) is 41.1. The first-order valence-electron chi connectivity index (χ1n) is 27.8. The Morgan fingerprint density at radius 1 is 0.333 bits per heavy atom. The molecule has 3 atom stereocenters. The van der Waals surface area contributed by atoms with Gasteiger partial charge in [-0.1, -0.05) is 309 Å². The second-order valence-corrected chi connectivity index (χ2v) is 19.5. The molecule has 5 nitrogen and oxygen atoms in total. The smallest absolute Gasteiger partial charge is 0.249 e. The molecule has 0 saturated heterocycles. The summed E-state index contributed by atoms with van der Waals surface area (Å²) in [5, 5.41) is 33.5. The number of hydrogen-bond acceptors (Lipinski definition) is 4. The van der Waals surface area contributed by atoms with Gasteiger partial charge in [-0.2, -0.15) is 0 Å². The van der Waals surface area contributed by atoms with Crippen molar-refractivity contribution in [3.05, 3.63) is 0 Å². The largest absolute Gasteiger partial charge is 0.394 e. The maximum atomic E-state index is 12.5. The summed E-state index contributed by atoms with van der Waals surface area (Å²) >= 11 is 0. The molecule has 0 heterocycles. The van der Waals surface area contributed by atoms with Gasteiger partial charge in [0.25, 0.3) is 0 Å². The molecule has 0 radical (unpaired) electrons. The third-order valence-electron chi connectivity index (χ3n) is 13.5. The van der Waals surface area contributed by atoms with Gasteiger partial charge in [-0.25, -0.2) is 0 Å². The van der Waals surface area contributed by atoms with Gasteiger partial charge in [-0.05, 0) is 12.8 Å². The van der Waals surface area contributed by atoms with E-state index < -0.39 is 24.2 Å². The second-order valence-electron chi connectivity index (χ2n) is 19.5. The molecule has 0 aliphatic heterocycles. The van der Waals surface area contributed by atoms with Crippen LogP contribution in [0.5, 0.6) is 0 Å². The topological polar surface area (TPSA) is 89.8 Å². The van der Waals surface area contributed by atoms with Crippen LogP contribution >= 0.6 is 0 Å². The van der Waals surface area contributed by atoms with E-state index in [0.29, 0.717) is 12.8 Å². The van der Waals surface area contributed by atoms with Crippen LogP contribution in [0.3, 0.4) is 0 Å². The van der Waals surface area contributed by atoms with Crippen molar-refractivity contribution in [3.8, 4) is 0 Å². The number of hydrogen-bond donors (Lipinski definition) is 4. The van der Waals surface area contributed by atoms with Crippen molar-refractivity contribution in [1.29, 1.82) is 0 Å². The highest BCUT2D eigenvalue weighted by Gasteiger charge is 2.23. The fourth-order valence-corrected chi connectivity index (χ4v) is 9.14. The van der Waals surface area contributed by atoms with E-state index in [-0.39, 0.29) is 6.61 Å². The molecule has 0 rings (SSSR count). The number of rotatable bonds is 52. The second kappa shape index (κ2) is 51.0. The van der Waals surface area contributed by atoms with E-state index >= 15 is 0 Å². The molecule has 5 heteroatoms. The maximum absolute atomic E-state index is 12.5. The van der Waals surface area contributed by atoms with Crippen LogP contribution in [-0.4, -0.2) is 46.1 Å². The Balaban J connectivity index is 3.46. The number of aliphatic hydroxyl groups excluding tert-OH is 3. The molecule has 360 valence electrons. The van der Waals surface area contributed by atoms with Gasteiger partial charge >= 0.3 is 0 Å². The Kier molecular flexibility index (Phi) is 50.4. The fraction of sp³-hybridized carbons (Fsp3) is 0.982. The molecule has 0 aromatic heterocycles. The number of aliphatic hydroxyl groups is 3. The van der Waals surface area contributed by atoms with Crippen molar-refractivity contribution in [3.63, 3.8) is 0 Å². The van der Waals surface area contributed by atoms with E-state index in [1.165, 1.54) is 263 Å². The van der Waals surface area contributed by atoms with Gasteiger partial charge in [0.1, 0.15) is 6.10 Å². The zero-order chi connectivity index (χ0) is 43.7. The average Bonchev–Trinajstić information content (AvgIpc) is 3.25. The molecular formula is C55H111NO4. The van der Waals surface area contributed by atoms with Gasteiger partial charge in [0, 0.05) is 0 Å². The lowest BCUT2D eigenvalue weighted by Gasteiger charge is -2.23. The fourth-order valence-electron chi connectivity index (χ4n) is 9.14. The molecule has 0 aliphatic carbocycles. The average molecular weight is 850 g/mol. The van der Waals surface area contributed by atoms with Gasteiger partial charge < -0.3 is 20.6 Å². The molecule has 0 spiro atoms. The van der Waals surface area contributed by atoms with Crippen molar-refractivity contribution >= 4 is 5.91 Å². The molecule has 0 bridgehead atoms. The number of nitrogens with one attached hydrogen (secondary N) is 1. The normalized spacial score (nSPS) is 13.2. The Hall–Kier alpha value is -0.650. The van der Waals surface area contributed by atoms with Crippen LogP contribution in [0.1, 0.15) is 322 Å². The van der Waals surface area contributed by atoms with Crippen molar-refractivity contribution < 1.29 is 20.1 Å². The first-order valence-corrected chi connectivity index (χ1v) is 27.8. The van der Waals surface area contributed by atoms with Gasteiger partial charge in [0.2, 0.25) is 5.91 Å². The van der Waals surface area contributed by atoms with Crippen molar-refractivity contribution in [2.24, 2.45) is 0 Å². The standard InChI is InChI=1S/C55H111NO4/c1-3-5-7-9-11-13-15-17-19-21-22-23-24-25-26-27-28-29-30-31-32-33-34-36-38-40-42-44-46-48-50-54(59)55(60)56-52(51-57)53(58)49-47-45-43-41-39-37-35-20-18-16-14-12-10-8-6-4-2/h52-54,57-59H,3-51H2,1-2H3,(H,56,60). The summed E-state index contributed by atoms with van der Waals surface area (Å²) in [5.74, 6) is -0.463. The quantitative estimate of drug-likeness (QED) is 0.0459. The molecule has 0 aliphatic rings. The van der Waals surface area contributed by atoms with E-state index in [9.17, 15) is 20.1 Å². The predicted octanol–water partition coefficient (Wildman–Crippen LogP) is 16.9. The zero-order valence-corrected chi connectivity index (χ0v) is 41.1. The number of unbranched alkanes of at least 4 members (excludes halogenated alkanes) is 44. The van der Waals surface area contributed by atoms with E-state index in [4.69, 9.17) is 0 Å². The minimum atomic E-state index is -1.07. The first-order chi connectivity index (χ1) is 29.6. The highest BCUT2D eigenvalue weighted by molar-refractivity contribution is 5.80. The third-order valence-corrected chi connectivity index (χ3v) is 13.5. The maximum Gasteiger partial charge on any atom is 0.249 e. The lowest BCUT2D eigenvalue weighted by atomic mass is 10.0. The summed E-state index contributed by atoms with van der Waals surface area (Å²) in [4.78, 5) is 12.5. The highest BCUT2D eigenvalue weighted by atomic mass is 16.3. The summed E-state index contributed by atoms with van der Waals surface area (Å²) in [7, 11) is 0. The highest BCUT2D eigenvalue weighted by Crippen LogP contribution is 2.18. The summed E-state index contributed by atoms with van der Waals surface area (Å²) in [6.07, 6.45) is 61.5. The molecule has 4 N–H and O–H groups in total. The summed E-state index contributed by atoms with van der Waals surface area (Å²) in [6, 6.07) is -0.707. The predicted molar refractivity (Wildman–Crippen MR) is 264 cm³/mol. The molecule has 0 aromatic carbocycles. The van der Waals surface area contributed by atoms with Crippen LogP contribution in [0.2, 0.25) is 0 Å². The minimum absolute atomic E-state index is 0.307. The Morgan fingerprint density at radius 3 is 0.750 bits per heavy atom. The molecular weight excluding hydrogens is 739 g/mol. The summed E-state index contributed by atoms with van der Waals surface area (Å²) in [6.45, 7) is 4.27. The lowest BCUT2D eigenvalue weighted by molar-refractivity contribution is -0.131. The van der Waals surface area contributed by atoms with Crippen LogP contribution in [-0.2, 0) is 4.79 Å². The molecule has 0 saturated carbocycles. The summed E-state index contributed by atoms with van der Waals surface area (Å²) in [5.41, 5.74) is 0. The minimum Gasteiger partial charge on any atom is -0.394 e. The van der Waals surface area contributed by atoms with E-state index in [2.05, 4.69) is 19.2 Å². The Bertz CT molecular complexity index is 807. The Labute approximate surface area is 377 Å². The molecule has 0 fully saturated rings. The van der Waals surface area contributed by atoms with E-state index in [1.54, 1.807) is 0 Å². The molecule has 1 amide bonds. The molecule has 0 aromatic rings. The van der Waals surface area contributed by atoms with Gasteiger partial charge in [-0.3, -0.25) is 4.79 Å². The third kappa shape index (κ3) is 45.4. The van der Waals surface area contributed by atoms with Crippen molar-refractivity contribution in [2.75, 3.05) is 6.61 Å². The van der Waals surface area contributed by atoms with Gasteiger partial charge in [0.05, 0.1) is 18.8 Å². The Morgan fingerprint density at radius 2 is 0.533 bits per heavy atom. The summed E-state index contributed by atoms with van der Waals surface area (Å²) < 4.78 is 0. The van der Waals surface area contributed by atoms with Gasteiger partial charge in [-0.15, -0.1) is 0 Å². The monoisotopic (exact) mass is 850 g/mol. The number of carbonyl (C=O) groups excluding carboxylic acids is 1. The van der Waals surface area contributed by atoms with Crippen molar-refractivity contribution in [1.82, 2.24) is 5.32 Å². The van der Waals surface area contributed by atoms with E-state index in [0.717, 1.165) is 32.1 Å².